The van der Waals surface area contributed by atoms with Gasteiger partial charge in [-0.1, -0.05) is 0 Å². The summed E-state index contributed by atoms with van der Waals surface area (Å²) in [6.45, 7) is 0. The molecule has 1 aliphatic carbocycles. The van der Waals surface area contributed by atoms with Gasteiger partial charge < -0.3 is 0 Å². The first-order chi connectivity index (χ1) is 10.3. The van der Waals surface area contributed by atoms with Crippen molar-refractivity contribution in [2.45, 2.75) is 18.3 Å². The van der Waals surface area contributed by atoms with Crippen LogP contribution in [0.2, 0.25) is 0 Å². The molecule has 5 nitrogen and oxygen atoms in total. The average molecular weight is 395 g/mol. The molecule has 2 aliphatic rings. The van der Waals surface area contributed by atoms with Crippen LogP contribution in [0.4, 0.5) is 5.82 Å². The van der Waals surface area contributed by atoms with Gasteiger partial charge in [0.25, 0.3) is 0 Å². The van der Waals surface area contributed by atoms with Crippen LogP contribution < -0.4 is 33.5 Å². The number of amides is 1. The summed E-state index contributed by atoms with van der Waals surface area (Å²) in [6.07, 6.45) is 3.36. The molecule has 6 heteroatoms. The zero-order valence-electron chi connectivity index (χ0n) is 11.0. The first-order valence-electron chi connectivity index (χ1n) is 6.64. The molecule has 1 fully saturated rings. The Bertz CT molecular complexity index is 701. The maximum absolute atomic E-state index is 12.6. The summed E-state index contributed by atoms with van der Waals surface area (Å²) in [5.74, 6) is 2.12. The molecule has 1 amide bonds. The molecule has 1 aromatic carbocycles. The van der Waals surface area contributed by atoms with Gasteiger partial charge in [-0.25, -0.2) is 0 Å². The standard InChI is InChI=1S/C15H12IN2O3/c19-14(18-13-3-1-2-8-17-13)15(6-7-15)10-4-5-11-12(9-10)21-16-20-11/h1-5,8-9H,6-7H2,(H,17,18,19)/q-1. The van der Waals surface area contributed by atoms with E-state index in [1.165, 1.54) is 0 Å². The predicted molar refractivity (Wildman–Crippen MR) is 71.5 cm³/mol. The summed E-state index contributed by atoms with van der Waals surface area (Å²) >= 11 is -0.683. The van der Waals surface area contributed by atoms with Crippen LogP contribution in [-0.2, 0) is 10.2 Å². The van der Waals surface area contributed by atoms with Gasteiger partial charge in [-0.05, 0) is 0 Å². The predicted octanol–water partition coefficient (Wildman–Crippen LogP) is -0.558. The number of nitrogens with zero attached hydrogens (tertiary/aromatic N) is 1. The second-order valence-corrected chi connectivity index (χ2v) is 6.37. The van der Waals surface area contributed by atoms with Crippen molar-refractivity contribution >= 4 is 11.7 Å². The number of aromatic nitrogens is 1. The summed E-state index contributed by atoms with van der Waals surface area (Å²) in [7, 11) is 0. The molecule has 0 spiro atoms. The van der Waals surface area contributed by atoms with Crippen LogP contribution in [-0.4, -0.2) is 10.9 Å². The second kappa shape index (κ2) is 4.87. The van der Waals surface area contributed by atoms with E-state index in [4.69, 9.17) is 6.13 Å². The van der Waals surface area contributed by atoms with E-state index >= 15 is 0 Å². The van der Waals surface area contributed by atoms with Gasteiger partial charge in [0.05, 0.1) is 0 Å². The Balaban J connectivity index is 1.60. The molecule has 0 bridgehead atoms. The summed E-state index contributed by atoms with van der Waals surface area (Å²) < 4.78 is 10.9. The summed E-state index contributed by atoms with van der Waals surface area (Å²) in [5, 5.41) is 2.90. The van der Waals surface area contributed by atoms with E-state index in [-0.39, 0.29) is 5.91 Å². The zero-order valence-corrected chi connectivity index (χ0v) is 13.2. The molecule has 21 heavy (non-hydrogen) atoms. The van der Waals surface area contributed by atoms with E-state index in [1.54, 1.807) is 12.3 Å². The number of rotatable bonds is 3. The van der Waals surface area contributed by atoms with Crippen LogP contribution in [0.3, 0.4) is 0 Å². The molecule has 0 atom stereocenters. The van der Waals surface area contributed by atoms with Gasteiger partial charge in [0.15, 0.2) is 0 Å². The first kappa shape index (κ1) is 12.9. The number of carbonyl (C=O) groups excluding carboxylic acids is 1. The van der Waals surface area contributed by atoms with Gasteiger partial charge in [-0.3, -0.25) is 0 Å². The van der Waals surface area contributed by atoms with Crippen LogP contribution in [0.1, 0.15) is 18.4 Å². The molecule has 2 heterocycles. The molecule has 0 unspecified atom stereocenters. The van der Waals surface area contributed by atoms with Crippen molar-refractivity contribution in [2.75, 3.05) is 5.32 Å². The quantitative estimate of drug-likeness (QED) is 0.709. The van der Waals surface area contributed by atoms with Gasteiger partial charge in [0, 0.05) is 0 Å². The SMILES string of the molecule is O=C(Nc1ccccn1)C1(c2ccc3c(c2)O[I-]O3)CC1. The normalized spacial score (nSPS) is 17.7. The van der Waals surface area contributed by atoms with E-state index in [1.807, 2.05) is 30.3 Å². The Morgan fingerprint density at radius 3 is 2.81 bits per heavy atom. The van der Waals surface area contributed by atoms with E-state index in [0.717, 1.165) is 29.9 Å². The number of halogens is 1. The Morgan fingerprint density at radius 1 is 1.19 bits per heavy atom. The third-order valence-electron chi connectivity index (χ3n) is 3.82. The molecule has 108 valence electrons. The fourth-order valence-corrected chi connectivity index (χ4v) is 3.64. The molecule has 1 aromatic heterocycles. The maximum atomic E-state index is 12.6. The van der Waals surface area contributed by atoms with Crippen LogP contribution in [0, 0.1) is 0 Å². The number of benzene rings is 1. The van der Waals surface area contributed by atoms with Crippen molar-refractivity contribution in [3.05, 3.63) is 48.2 Å². The Hall–Kier alpha value is -1.83. The van der Waals surface area contributed by atoms with E-state index in [2.05, 4.69) is 10.3 Å². The van der Waals surface area contributed by atoms with Crippen LogP contribution >= 0.6 is 0 Å². The van der Waals surface area contributed by atoms with Crippen molar-refractivity contribution in [1.82, 2.24) is 4.98 Å². The first-order valence-corrected chi connectivity index (χ1v) is 8.40. The fraction of sp³-hybridized carbons (Fsp3) is 0.200. The Morgan fingerprint density at radius 2 is 2.05 bits per heavy atom. The molecule has 1 saturated carbocycles. The topological polar surface area (TPSA) is 60.5 Å². The van der Waals surface area contributed by atoms with E-state index in [9.17, 15) is 4.79 Å². The third kappa shape index (κ3) is 2.23. The molecule has 1 aliphatic heterocycles. The molecule has 1 N–H and O–H groups in total. The molecular weight excluding hydrogens is 383 g/mol. The minimum absolute atomic E-state index is 0.00485. The van der Waals surface area contributed by atoms with Gasteiger partial charge in [0.2, 0.25) is 0 Å². The molecule has 4 rings (SSSR count). The van der Waals surface area contributed by atoms with Crippen molar-refractivity contribution in [3.8, 4) is 11.5 Å². The zero-order chi connectivity index (χ0) is 14.3. The average Bonchev–Trinajstić information content (AvgIpc) is 3.20. The number of fused-ring (bicyclic) bond motifs is 1. The van der Waals surface area contributed by atoms with Gasteiger partial charge in [0.1, 0.15) is 0 Å². The summed E-state index contributed by atoms with van der Waals surface area (Å²) in [4.78, 5) is 16.7. The van der Waals surface area contributed by atoms with Crippen LogP contribution in [0.25, 0.3) is 0 Å². The Labute approximate surface area is 133 Å². The molecule has 2 aromatic rings. The van der Waals surface area contributed by atoms with Gasteiger partial charge in [-0.2, -0.15) is 0 Å². The number of anilines is 1. The Kier molecular flexibility index (Phi) is 2.99. The second-order valence-electron chi connectivity index (χ2n) is 5.13. The van der Waals surface area contributed by atoms with Crippen molar-refractivity contribution < 1.29 is 33.0 Å². The van der Waals surface area contributed by atoms with Crippen molar-refractivity contribution in [3.63, 3.8) is 0 Å². The minimum atomic E-state index is -0.683. The van der Waals surface area contributed by atoms with E-state index in [0.29, 0.717) is 5.82 Å². The van der Waals surface area contributed by atoms with Crippen molar-refractivity contribution in [2.24, 2.45) is 0 Å². The summed E-state index contributed by atoms with van der Waals surface area (Å²) in [6, 6.07) is 11.3. The summed E-state index contributed by atoms with van der Waals surface area (Å²) in [5.41, 5.74) is 0.542. The molecular formula is C15H12IN2O3-. The van der Waals surface area contributed by atoms with Crippen LogP contribution in [0.5, 0.6) is 11.5 Å². The number of hydrogen-bond donors (Lipinski definition) is 1. The number of hydrogen-bond acceptors (Lipinski definition) is 4. The third-order valence-corrected chi connectivity index (χ3v) is 5.13. The monoisotopic (exact) mass is 395 g/mol. The number of pyridine rings is 1. The number of carbonyl (C=O) groups is 1. The fourth-order valence-electron chi connectivity index (χ4n) is 2.46. The van der Waals surface area contributed by atoms with Crippen molar-refractivity contribution in [1.29, 1.82) is 0 Å². The van der Waals surface area contributed by atoms with Gasteiger partial charge in [-0.15, -0.1) is 0 Å². The van der Waals surface area contributed by atoms with Gasteiger partial charge >= 0.3 is 133 Å². The molecule has 0 radical (unpaired) electrons. The van der Waals surface area contributed by atoms with Crippen LogP contribution in [0.15, 0.2) is 42.6 Å². The number of nitrogens with one attached hydrogen (secondary N) is 1. The van der Waals surface area contributed by atoms with E-state index < -0.39 is 27.4 Å². The molecule has 0 saturated heterocycles.